The van der Waals surface area contributed by atoms with Crippen LogP contribution in [-0.4, -0.2) is 47.8 Å². The van der Waals surface area contributed by atoms with E-state index in [1.807, 2.05) is 48.5 Å². The molecule has 1 aliphatic rings. The van der Waals surface area contributed by atoms with E-state index in [0.717, 1.165) is 61.8 Å². The van der Waals surface area contributed by atoms with E-state index in [2.05, 4.69) is 47.6 Å². The second-order valence-corrected chi connectivity index (χ2v) is 10.5. The molecule has 0 bridgehead atoms. The van der Waals surface area contributed by atoms with Gasteiger partial charge in [-0.1, -0.05) is 72.8 Å². The Morgan fingerprint density at radius 1 is 0.872 bits per heavy atom. The zero-order valence-corrected chi connectivity index (χ0v) is 22.9. The molecule has 6 nitrogen and oxygen atoms in total. The summed E-state index contributed by atoms with van der Waals surface area (Å²) >= 11 is 0. The van der Waals surface area contributed by atoms with Crippen molar-refractivity contribution in [2.24, 2.45) is 0 Å². The van der Waals surface area contributed by atoms with Crippen LogP contribution in [0.5, 0.6) is 0 Å². The van der Waals surface area contributed by atoms with E-state index in [-0.39, 0.29) is 12.5 Å². The summed E-state index contributed by atoms with van der Waals surface area (Å²) in [5.74, 6) is -0.800. The van der Waals surface area contributed by atoms with E-state index in [4.69, 9.17) is 9.84 Å². The van der Waals surface area contributed by atoms with Crippen LogP contribution in [-0.2, 0) is 22.4 Å². The Bertz CT molecular complexity index is 1190. The Labute approximate surface area is 232 Å². The summed E-state index contributed by atoms with van der Waals surface area (Å²) < 4.78 is 5.86. The topological polar surface area (TPSA) is 78.9 Å². The molecule has 0 radical (unpaired) electrons. The Balaban J connectivity index is 1.28. The minimum absolute atomic E-state index is 0.0853. The molecule has 0 unspecified atom stereocenters. The van der Waals surface area contributed by atoms with Crippen LogP contribution in [0.15, 0.2) is 78.9 Å². The van der Waals surface area contributed by atoms with Crippen molar-refractivity contribution < 1.29 is 19.4 Å². The van der Waals surface area contributed by atoms with E-state index in [1.54, 1.807) is 0 Å². The Kier molecular flexibility index (Phi) is 10.5. The van der Waals surface area contributed by atoms with Crippen molar-refractivity contribution in [3.8, 4) is 11.1 Å². The SMILES string of the molecule is CN(CCCc1ccccc1)[C@H]1CC[C@H](OC(=O)Nc2cc(CCCC(=O)O)ccc2-c2ccccc2)CC1. The smallest absolute Gasteiger partial charge is 0.411 e. The van der Waals surface area contributed by atoms with Crippen LogP contribution in [0.2, 0.25) is 0 Å². The van der Waals surface area contributed by atoms with Crippen molar-refractivity contribution in [1.29, 1.82) is 0 Å². The predicted octanol–water partition coefficient (Wildman–Crippen LogP) is 7.19. The van der Waals surface area contributed by atoms with Gasteiger partial charge in [-0.05, 0) is 87.7 Å². The van der Waals surface area contributed by atoms with Crippen molar-refractivity contribution in [1.82, 2.24) is 4.90 Å². The average molecular weight is 529 g/mol. The number of hydrogen-bond acceptors (Lipinski definition) is 4. The predicted molar refractivity (Wildman–Crippen MR) is 156 cm³/mol. The van der Waals surface area contributed by atoms with Crippen LogP contribution in [0.4, 0.5) is 10.5 Å². The number of carboxylic acids is 1. The lowest BCUT2D eigenvalue weighted by Gasteiger charge is -2.34. The summed E-state index contributed by atoms with van der Waals surface area (Å²) in [4.78, 5) is 26.3. The number of aryl methyl sites for hydroxylation is 2. The number of rotatable bonds is 12. The van der Waals surface area contributed by atoms with Gasteiger partial charge in [0.1, 0.15) is 6.10 Å². The van der Waals surface area contributed by atoms with Gasteiger partial charge < -0.3 is 14.7 Å². The molecule has 206 valence electrons. The highest BCUT2D eigenvalue weighted by molar-refractivity contribution is 5.91. The van der Waals surface area contributed by atoms with Crippen LogP contribution in [0.1, 0.15) is 56.1 Å². The molecule has 0 heterocycles. The zero-order chi connectivity index (χ0) is 27.5. The molecule has 6 heteroatoms. The van der Waals surface area contributed by atoms with Gasteiger partial charge in [0.25, 0.3) is 0 Å². The van der Waals surface area contributed by atoms with Crippen LogP contribution in [0.25, 0.3) is 11.1 Å². The molecule has 3 aromatic carbocycles. The molecule has 0 spiro atoms. The first kappa shape index (κ1) is 28.4. The summed E-state index contributed by atoms with van der Waals surface area (Å²) in [5, 5.41) is 12.0. The fourth-order valence-electron chi connectivity index (χ4n) is 5.42. The molecule has 0 saturated heterocycles. The fraction of sp³-hybridized carbons (Fsp3) is 0.394. The van der Waals surface area contributed by atoms with Gasteiger partial charge in [-0.3, -0.25) is 10.1 Å². The standard InChI is InChI=1S/C33H40N2O4/c1-35(23-9-13-25-10-4-2-5-11-25)28-18-20-29(21-19-28)39-33(38)34-31-24-26(12-8-16-32(36)37)17-22-30(31)27-14-6-3-7-15-27/h2-7,10-11,14-15,17,22,24,28-29H,8-9,12-13,16,18-21,23H2,1H3,(H,34,38)(H,36,37)/t28-,29-. The maximum absolute atomic E-state index is 12.9. The first-order valence-corrected chi connectivity index (χ1v) is 14.1. The summed E-state index contributed by atoms with van der Waals surface area (Å²) in [6.07, 6.45) is 6.78. The van der Waals surface area contributed by atoms with Gasteiger partial charge in [0.2, 0.25) is 0 Å². The highest BCUT2D eigenvalue weighted by Crippen LogP contribution is 2.31. The highest BCUT2D eigenvalue weighted by atomic mass is 16.6. The number of carbonyl (C=O) groups excluding carboxylic acids is 1. The second-order valence-electron chi connectivity index (χ2n) is 10.5. The third kappa shape index (κ3) is 8.96. The van der Waals surface area contributed by atoms with Crippen molar-refractivity contribution in [2.45, 2.75) is 69.9 Å². The van der Waals surface area contributed by atoms with E-state index in [9.17, 15) is 9.59 Å². The maximum Gasteiger partial charge on any atom is 0.411 e. The van der Waals surface area contributed by atoms with Gasteiger partial charge in [0.05, 0.1) is 5.69 Å². The van der Waals surface area contributed by atoms with Crippen molar-refractivity contribution in [3.63, 3.8) is 0 Å². The Morgan fingerprint density at radius 2 is 1.54 bits per heavy atom. The van der Waals surface area contributed by atoms with E-state index >= 15 is 0 Å². The Hall–Kier alpha value is -3.64. The molecule has 4 rings (SSSR count). The minimum Gasteiger partial charge on any atom is -0.481 e. The fourth-order valence-corrected chi connectivity index (χ4v) is 5.42. The van der Waals surface area contributed by atoms with Crippen molar-refractivity contribution in [2.75, 3.05) is 18.9 Å². The quantitative estimate of drug-likeness (QED) is 0.260. The van der Waals surface area contributed by atoms with Crippen LogP contribution in [0.3, 0.4) is 0 Å². The van der Waals surface area contributed by atoms with Gasteiger partial charge in [-0.2, -0.15) is 0 Å². The molecule has 0 aliphatic heterocycles. The molecule has 1 saturated carbocycles. The summed E-state index contributed by atoms with van der Waals surface area (Å²) in [6.45, 7) is 1.07. The number of anilines is 1. The molecule has 1 fully saturated rings. The summed E-state index contributed by atoms with van der Waals surface area (Å²) in [6, 6.07) is 27.0. The monoisotopic (exact) mass is 528 g/mol. The number of carbonyl (C=O) groups is 2. The van der Waals surface area contributed by atoms with Gasteiger partial charge >= 0.3 is 12.1 Å². The molecule has 0 atom stereocenters. The van der Waals surface area contributed by atoms with Crippen molar-refractivity contribution >= 4 is 17.7 Å². The molecule has 1 aliphatic carbocycles. The second kappa shape index (κ2) is 14.5. The maximum atomic E-state index is 12.9. The first-order chi connectivity index (χ1) is 19.0. The lowest BCUT2D eigenvalue weighted by molar-refractivity contribution is -0.137. The summed E-state index contributed by atoms with van der Waals surface area (Å²) in [7, 11) is 2.21. The minimum atomic E-state index is -0.800. The molecule has 0 aromatic heterocycles. The first-order valence-electron chi connectivity index (χ1n) is 14.1. The average Bonchev–Trinajstić information content (AvgIpc) is 2.94. The number of ether oxygens (including phenoxy) is 1. The molecule has 2 N–H and O–H groups in total. The number of hydrogen-bond donors (Lipinski definition) is 2. The van der Waals surface area contributed by atoms with Gasteiger partial charge in [-0.25, -0.2) is 4.79 Å². The molecule has 1 amide bonds. The normalized spacial score (nSPS) is 17.1. The van der Waals surface area contributed by atoms with E-state index < -0.39 is 12.1 Å². The number of benzene rings is 3. The third-order valence-corrected chi connectivity index (χ3v) is 7.62. The van der Waals surface area contributed by atoms with Crippen LogP contribution in [0, 0.1) is 0 Å². The van der Waals surface area contributed by atoms with E-state index in [0.29, 0.717) is 24.6 Å². The third-order valence-electron chi connectivity index (χ3n) is 7.62. The molecular weight excluding hydrogens is 488 g/mol. The number of amides is 1. The van der Waals surface area contributed by atoms with Crippen molar-refractivity contribution in [3.05, 3.63) is 90.0 Å². The number of nitrogens with zero attached hydrogens (tertiary/aromatic N) is 1. The highest BCUT2D eigenvalue weighted by Gasteiger charge is 2.26. The van der Waals surface area contributed by atoms with Gasteiger partial charge in [0.15, 0.2) is 0 Å². The molecule has 3 aromatic rings. The Morgan fingerprint density at radius 3 is 2.23 bits per heavy atom. The molecule has 39 heavy (non-hydrogen) atoms. The summed E-state index contributed by atoms with van der Waals surface area (Å²) in [5.41, 5.74) is 4.97. The van der Waals surface area contributed by atoms with Gasteiger partial charge in [-0.15, -0.1) is 0 Å². The number of carboxylic acid groups (broad SMARTS) is 1. The van der Waals surface area contributed by atoms with E-state index in [1.165, 1.54) is 5.56 Å². The lowest BCUT2D eigenvalue weighted by Crippen LogP contribution is -2.38. The molecular formula is C33H40N2O4. The number of aliphatic carboxylic acids is 1. The number of nitrogens with one attached hydrogen (secondary N) is 1. The van der Waals surface area contributed by atoms with Gasteiger partial charge in [0, 0.05) is 18.0 Å². The zero-order valence-electron chi connectivity index (χ0n) is 22.9. The van der Waals surface area contributed by atoms with Crippen LogP contribution < -0.4 is 5.32 Å². The lowest BCUT2D eigenvalue weighted by atomic mass is 9.92. The largest absolute Gasteiger partial charge is 0.481 e. The van der Waals surface area contributed by atoms with Crippen LogP contribution >= 0.6 is 0 Å².